The number of aryl methyl sites for hydroxylation is 1. The van der Waals surface area contributed by atoms with E-state index < -0.39 is 23.9 Å². The van der Waals surface area contributed by atoms with Crippen LogP contribution in [0.1, 0.15) is 29.7 Å². The molecule has 1 aromatic rings. The Morgan fingerprint density at radius 2 is 1.95 bits per heavy atom. The maximum atomic E-state index is 12.5. The first kappa shape index (κ1) is 16.5. The van der Waals surface area contributed by atoms with Gasteiger partial charge in [0.05, 0.1) is 5.56 Å². The first-order chi connectivity index (χ1) is 9.12. The average Bonchev–Trinajstić information content (AvgIpc) is 2.33. The Bertz CT molecular complexity index is 488. The molecule has 2 atom stereocenters. The van der Waals surface area contributed by atoms with Crippen LogP contribution in [0.3, 0.4) is 0 Å². The van der Waals surface area contributed by atoms with E-state index in [2.05, 4.69) is 5.32 Å². The molecule has 0 fully saturated rings. The van der Waals surface area contributed by atoms with E-state index in [1.165, 1.54) is 13.8 Å². The van der Waals surface area contributed by atoms with Crippen molar-refractivity contribution >= 4 is 5.91 Å². The van der Waals surface area contributed by atoms with E-state index in [-0.39, 0.29) is 23.6 Å². The van der Waals surface area contributed by atoms with Gasteiger partial charge in [0.15, 0.2) is 0 Å². The lowest BCUT2D eigenvalue weighted by Gasteiger charge is -2.21. The van der Waals surface area contributed by atoms with Crippen molar-refractivity contribution in [1.29, 1.82) is 0 Å². The Morgan fingerprint density at radius 3 is 2.40 bits per heavy atom. The van der Waals surface area contributed by atoms with Gasteiger partial charge >= 0.3 is 6.18 Å². The second kappa shape index (κ2) is 6.23. The monoisotopic (exact) mass is 291 g/mol. The van der Waals surface area contributed by atoms with Gasteiger partial charge in [-0.05, 0) is 30.2 Å². The quantitative estimate of drug-likeness (QED) is 0.788. The van der Waals surface area contributed by atoms with Crippen molar-refractivity contribution in [3.05, 3.63) is 34.9 Å². The predicted octanol–water partition coefficient (Wildman–Crippen LogP) is 1.54. The lowest BCUT2D eigenvalue weighted by Crippen LogP contribution is -2.34. The van der Waals surface area contributed by atoms with Crippen molar-refractivity contribution in [2.45, 2.75) is 32.2 Å². The van der Waals surface area contributed by atoms with Gasteiger partial charge in [-0.2, -0.15) is 13.2 Å². The van der Waals surface area contributed by atoms with Crippen LogP contribution in [0.25, 0.3) is 0 Å². The molecule has 0 bridgehead atoms. The van der Waals surface area contributed by atoms with E-state index in [1.807, 2.05) is 0 Å². The third-order valence-corrected chi connectivity index (χ3v) is 2.84. The Labute approximate surface area is 114 Å². The minimum Gasteiger partial charge on any atom is -0.388 e. The second-order valence-corrected chi connectivity index (χ2v) is 4.52. The molecule has 2 unspecified atom stereocenters. The molecular formula is C13H16F3NO3. The first-order valence-electron chi connectivity index (χ1n) is 5.91. The minimum atomic E-state index is -4.46. The largest absolute Gasteiger partial charge is 0.416 e. The van der Waals surface area contributed by atoms with Crippen LogP contribution in [-0.2, 0) is 11.0 Å². The topological polar surface area (TPSA) is 69.6 Å². The maximum absolute atomic E-state index is 12.5. The third kappa shape index (κ3) is 4.21. The fraction of sp³-hybridized carbons (Fsp3) is 0.462. The van der Waals surface area contributed by atoms with Crippen molar-refractivity contribution in [2.24, 2.45) is 0 Å². The van der Waals surface area contributed by atoms with E-state index in [9.17, 15) is 28.2 Å². The number of hydrogen-bond acceptors (Lipinski definition) is 3. The van der Waals surface area contributed by atoms with Crippen molar-refractivity contribution in [3.63, 3.8) is 0 Å². The first-order valence-corrected chi connectivity index (χ1v) is 5.91. The molecule has 0 aromatic heterocycles. The highest BCUT2D eigenvalue weighted by molar-refractivity contribution is 5.72. The summed E-state index contributed by atoms with van der Waals surface area (Å²) in [5.74, 6) is -0.375. The van der Waals surface area contributed by atoms with Crippen LogP contribution in [0.15, 0.2) is 18.2 Å². The number of carbonyl (C=O) groups excluding carboxylic acids is 1. The Balaban J connectivity index is 2.88. The maximum Gasteiger partial charge on any atom is 0.416 e. The summed E-state index contributed by atoms with van der Waals surface area (Å²) >= 11 is 0. The molecule has 7 heteroatoms. The van der Waals surface area contributed by atoms with E-state index in [4.69, 9.17) is 0 Å². The molecule has 20 heavy (non-hydrogen) atoms. The molecule has 0 saturated heterocycles. The Hall–Kier alpha value is -1.60. The molecule has 0 radical (unpaired) electrons. The molecule has 0 aliphatic carbocycles. The summed E-state index contributed by atoms with van der Waals surface area (Å²) in [5.41, 5.74) is -0.410. The van der Waals surface area contributed by atoms with Gasteiger partial charge in [0.1, 0.15) is 12.2 Å². The Morgan fingerprint density at radius 1 is 1.35 bits per heavy atom. The zero-order chi connectivity index (χ0) is 15.5. The SMILES string of the molecule is CC(=O)NCC(O)C(O)c1ccc(C(F)(F)F)cc1C. The van der Waals surface area contributed by atoms with Crippen molar-refractivity contribution in [2.75, 3.05) is 6.54 Å². The highest BCUT2D eigenvalue weighted by Gasteiger charge is 2.31. The number of nitrogens with one attached hydrogen (secondary N) is 1. The average molecular weight is 291 g/mol. The number of rotatable bonds is 4. The molecule has 3 N–H and O–H groups in total. The molecule has 112 valence electrons. The number of benzene rings is 1. The number of alkyl halides is 3. The third-order valence-electron chi connectivity index (χ3n) is 2.84. The second-order valence-electron chi connectivity index (χ2n) is 4.52. The molecule has 1 amide bonds. The van der Waals surface area contributed by atoms with Crippen LogP contribution in [0.2, 0.25) is 0 Å². The van der Waals surface area contributed by atoms with Gasteiger partial charge in [-0.15, -0.1) is 0 Å². The van der Waals surface area contributed by atoms with E-state index in [0.29, 0.717) is 0 Å². The van der Waals surface area contributed by atoms with E-state index in [1.54, 1.807) is 0 Å². The molecule has 4 nitrogen and oxygen atoms in total. The van der Waals surface area contributed by atoms with E-state index >= 15 is 0 Å². The summed E-state index contributed by atoms with van der Waals surface area (Å²) in [6.45, 7) is 2.48. The van der Waals surface area contributed by atoms with Crippen LogP contribution in [0, 0.1) is 6.92 Å². The number of amides is 1. The van der Waals surface area contributed by atoms with Gasteiger partial charge in [0.25, 0.3) is 0 Å². The highest BCUT2D eigenvalue weighted by atomic mass is 19.4. The lowest BCUT2D eigenvalue weighted by molar-refractivity contribution is -0.137. The fourth-order valence-electron chi connectivity index (χ4n) is 1.75. The van der Waals surface area contributed by atoms with Crippen molar-refractivity contribution in [1.82, 2.24) is 5.32 Å². The highest BCUT2D eigenvalue weighted by Crippen LogP contribution is 2.32. The van der Waals surface area contributed by atoms with Crippen molar-refractivity contribution in [3.8, 4) is 0 Å². The summed E-state index contributed by atoms with van der Waals surface area (Å²) in [4.78, 5) is 10.7. The number of aliphatic hydroxyl groups excluding tert-OH is 2. The summed E-state index contributed by atoms with van der Waals surface area (Å²) in [6, 6.07) is 2.88. The van der Waals surface area contributed by atoms with Crippen LogP contribution >= 0.6 is 0 Å². The van der Waals surface area contributed by atoms with Gasteiger partial charge < -0.3 is 15.5 Å². The van der Waals surface area contributed by atoms with Crippen LogP contribution in [-0.4, -0.2) is 28.8 Å². The Kier molecular flexibility index (Phi) is 5.13. The van der Waals surface area contributed by atoms with Crippen molar-refractivity contribution < 1.29 is 28.2 Å². The lowest BCUT2D eigenvalue weighted by atomic mass is 9.97. The zero-order valence-electron chi connectivity index (χ0n) is 11.0. The molecule has 1 aromatic carbocycles. The predicted molar refractivity (Wildman–Crippen MR) is 65.8 cm³/mol. The molecule has 0 spiro atoms. The summed E-state index contributed by atoms with van der Waals surface area (Å²) in [6.07, 6.45) is -7.12. The van der Waals surface area contributed by atoms with Gasteiger partial charge in [0, 0.05) is 13.5 Å². The minimum absolute atomic E-state index is 0.184. The molecule has 1 rings (SSSR count). The van der Waals surface area contributed by atoms with Gasteiger partial charge in [-0.1, -0.05) is 6.07 Å². The zero-order valence-corrected chi connectivity index (χ0v) is 11.0. The number of carbonyl (C=O) groups is 1. The summed E-state index contributed by atoms with van der Waals surface area (Å²) < 4.78 is 37.5. The van der Waals surface area contributed by atoms with E-state index in [0.717, 1.165) is 18.2 Å². The number of halogens is 3. The van der Waals surface area contributed by atoms with Gasteiger partial charge in [0.2, 0.25) is 5.91 Å². The smallest absolute Gasteiger partial charge is 0.388 e. The van der Waals surface area contributed by atoms with Crippen LogP contribution < -0.4 is 5.32 Å². The molecule has 0 heterocycles. The van der Waals surface area contributed by atoms with Gasteiger partial charge in [-0.3, -0.25) is 4.79 Å². The molecular weight excluding hydrogens is 275 g/mol. The summed E-state index contributed by atoms with van der Waals surface area (Å²) in [5, 5.41) is 21.9. The molecule has 0 aliphatic heterocycles. The van der Waals surface area contributed by atoms with Gasteiger partial charge in [-0.25, -0.2) is 0 Å². The number of aliphatic hydroxyl groups is 2. The standard InChI is InChI=1S/C13H16F3NO3/c1-7-5-9(13(14,15)16)3-4-10(7)12(20)11(19)6-17-8(2)18/h3-5,11-12,19-20H,6H2,1-2H3,(H,17,18). The number of hydrogen-bond donors (Lipinski definition) is 3. The summed E-state index contributed by atoms with van der Waals surface area (Å²) in [7, 11) is 0. The molecule has 0 aliphatic rings. The van der Waals surface area contributed by atoms with Crippen LogP contribution in [0.5, 0.6) is 0 Å². The normalized spacial score (nSPS) is 14.8. The molecule has 0 saturated carbocycles. The fourth-order valence-corrected chi connectivity index (χ4v) is 1.75. The van der Waals surface area contributed by atoms with Crippen LogP contribution in [0.4, 0.5) is 13.2 Å².